The van der Waals surface area contributed by atoms with E-state index in [1.807, 2.05) is 12.1 Å². The third kappa shape index (κ3) is 2.77. The number of aliphatic hydroxyl groups is 1. The highest BCUT2D eigenvalue weighted by Gasteiger charge is 2.45. The summed E-state index contributed by atoms with van der Waals surface area (Å²) in [7, 11) is 0. The molecule has 9 heteroatoms. The Balaban J connectivity index is 1.87. The van der Waals surface area contributed by atoms with E-state index in [-0.39, 0.29) is 42.0 Å². The van der Waals surface area contributed by atoms with Gasteiger partial charge >= 0.3 is 5.97 Å². The average Bonchev–Trinajstić information content (AvgIpc) is 3.18. The van der Waals surface area contributed by atoms with Crippen LogP contribution in [0.5, 0.6) is 5.75 Å². The molecule has 4 heterocycles. The van der Waals surface area contributed by atoms with Gasteiger partial charge in [-0.25, -0.2) is 9.78 Å². The van der Waals surface area contributed by atoms with Crippen molar-refractivity contribution in [2.24, 2.45) is 0 Å². The van der Waals surface area contributed by atoms with E-state index in [0.29, 0.717) is 33.4 Å². The average molecular weight is 440 g/mol. The maximum absolute atomic E-state index is 13.4. The fraction of sp³-hybridized carbons (Fsp3) is 0.208. The third-order valence-corrected chi connectivity index (χ3v) is 6.24. The van der Waals surface area contributed by atoms with Crippen LogP contribution in [0.1, 0.15) is 35.6 Å². The van der Waals surface area contributed by atoms with Gasteiger partial charge < -0.3 is 19.5 Å². The lowest BCUT2D eigenvalue weighted by atomic mass is 9.86. The molecule has 162 valence electrons. The van der Waals surface area contributed by atoms with E-state index < -0.39 is 17.1 Å². The van der Waals surface area contributed by atoms with E-state index in [4.69, 9.17) is 4.74 Å². The molecule has 2 aliphatic rings. The van der Waals surface area contributed by atoms with Gasteiger partial charge in [-0.3, -0.25) is 4.79 Å². The maximum Gasteiger partial charge on any atom is 0.343 e. The lowest BCUT2D eigenvalue weighted by molar-refractivity contribution is -0.172. The van der Waals surface area contributed by atoms with Crippen LogP contribution >= 0.6 is 0 Å². The van der Waals surface area contributed by atoms with Crippen molar-refractivity contribution in [3.8, 4) is 29.3 Å². The van der Waals surface area contributed by atoms with Crippen LogP contribution in [0.15, 0.2) is 34.6 Å². The Morgan fingerprint density at radius 2 is 2.03 bits per heavy atom. The molecule has 0 bridgehead atoms. The number of carbonyl (C=O) groups is 1. The van der Waals surface area contributed by atoms with E-state index in [1.165, 1.54) is 22.8 Å². The second kappa shape index (κ2) is 7.02. The van der Waals surface area contributed by atoms with Gasteiger partial charge in [0.15, 0.2) is 5.60 Å². The number of allylic oxidation sites excluding steroid dienone is 1. The number of nitriles is 2. The zero-order chi connectivity index (χ0) is 23.5. The number of benzene rings is 1. The predicted molar refractivity (Wildman–Crippen MR) is 115 cm³/mol. The summed E-state index contributed by atoms with van der Waals surface area (Å²) in [5.74, 6) is -0.820. The summed E-state index contributed by atoms with van der Waals surface area (Å²) < 4.78 is 6.56. The number of pyridine rings is 2. The standard InChI is InChI=1S/C24H16N4O5/c1-2-24(32)18-7-20-21-16(10-28(20)22(30)17(18)11-33-23(24)31)14(5-12(8-25)9-26)15-6-13(29)3-4-19(15)27-21/h3-7,29,32H,2,10-11H2,1H3/t24-/m0/s1. The van der Waals surface area contributed by atoms with Crippen molar-refractivity contribution in [3.05, 3.63) is 62.4 Å². The van der Waals surface area contributed by atoms with Gasteiger partial charge in [0.25, 0.3) is 5.56 Å². The molecule has 1 aromatic carbocycles. The van der Waals surface area contributed by atoms with E-state index in [0.717, 1.165) is 0 Å². The lowest BCUT2D eigenvalue weighted by Crippen LogP contribution is -2.44. The first-order valence-corrected chi connectivity index (χ1v) is 10.2. The van der Waals surface area contributed by atoms with Crippen LogP contribution in [0, 0.1) is 22.7 Å². The van der Waals surface area contributed by atoms with Gasteiger partial charge in [-0.1, -0.05) is 6.92 Å². The number of rotatable bonds is 2. The highest BCUT2D eigenvalue weighted by atomic mass is 16.6. The van der Waals surface area contributed by atoms with Gasteiger partial charge in [-0.05, 0) is 42.3 Å². The highest BCUT2D eigenvalue weighted by molar-refractivity contribution is 5.95. The summed E-state index contributed by atoms with van der Waals surface area (Å²) in [6.07, 6.45) is 1.44. The number of fused-ring (bicyclic) bond motifs is 5. The zero-order valence-electron chi connectivity index (χ0n) is 17.4. The molecule has 0 fully saturated rings. The Morgan fingerprint density at radius 1 is 1.27 bits per heavy atom. The van der Waals surface area contributed by atoms with Crippen molar-refractivity contribution < 1.29 is 19.7 Å². The van der Waals surface area contributed by atoms with Crippen molar-refractivity contribution in [2.45, 2.75) is 32.1 Å². The summed E-state index contributed by atoms with van der Waals surface area (Å²) in [6, 6.07) is 9.80. The Labute approximate surface area is 187 Å². The van der Waals surface area contributed by atoms with Crippen molar-refractivity contribution in [1.82, 2.24) is 9.55 Å². The summed E-state index contributed by atoms with van der Waals surface area (Å²) in [6.45, 7) is 1.49. The zero-order valence-corrected chi connectivity index (χ0v) is 17.4. The molecular weight excluding hydrogens is 424 g/mol. The van der Waals surface area contributed by atoms with Crippen molar-refractivity contribution >= 4 is 22.9 Å². The van der Waals surface area contributed by atoms with E-state index in [9.17, 15) is 30.3 Å². The van der Waals surface area contributed by atoms with Gasteiger partial charge in [0.05, 0.1) is 29.0 Å². The number of aromatic hydroxyl groups is 1. The van der Waals surface area contributed by atoms with Crippen molar-refractivity contribution in [2.75, 3.05) is 0 Å². The number of cyclic esters (lactones) is 1. The lowest BCUT2D eigenvalue weighted by Gasteiger charge is -2.31. The van der Waals surface area contributed by atoms with Gasteiger partial charge in [0.2, 0.25) is 0 Å². The number of phenols is 1. The van der Waals surface area contributed by atoms with E-state index in [2.05, 4.69) is 4.98 Å². The molecule has 3 aromatic rings. The molecule has 0 spiro atoms. The number of phenolic OH excluding ortho intramolecular Hbond substituents is 1. The minimum Gasteiger partial charge on any atom is -0.508 e. The molecule has 0 saturated carbocycles. The minimum absolute atomic E-state index is 0.0128. The SMILES string of the molecule is CC[C@@]1(O)C(=O)OCc2c1cc1n(c2=O)Cc2c-1nc1ccc(O)cc1c2C=C(C#N)C#N. The number of aromatic nitrogens is 2. The van der Waals surface area contributed by atoms with Gasteiger partial charge in [0, 0.05) is 16.5 Å². The van der Waals surface area contributed by atoms with Crippen LogP contribution < -0.4 is 5.56 Å². The first-order chi connectivity index (χ1) is 15.8. The van der Waals surface area contributed by atoms with Crippen LogP contribution in [-0.4, -0.2) is 25.7 Å². The molecule has 5 rings (SSSR count). The summed E-state index contributed by atoms with van der Waals surface area (Å²) in [4.78, 5) is 30.4. The molecule has 9 nitrogen and oxygen atoms in total. The number of carbonyl (C=O) groups excluding carboxylic acids is 1. The smallest absolute Gasteiger partial charge is 0.343 e. The van der Waals surface area contributed by atoms with Crippen LogP contribution in [-0.2, 0) is 28.3 Å². The fourth-order valence-corrected chi connectivity index (χ4v) is 4.50. The molecular formula is C24H16N4O5. The maximum atomic E-state index is 13.4. The molecule has 0 saturated heterocycles. The molecule has 2 N–H and O–H groups in total. The molecule has 0 aliphatic carbocycles. The Kier molecular flexibility index (Phi) is 4.35. The normalized spacial score (nSPS) is 17.9. The van der Waals surface area contributed by atoms with Crippen molar-refractivity contribution in [1.29, 1.82) is 10.5 Å². The number of esters is 1. The van der Waals surface area contributed by atoms with Gasteiger partial charge in [-0.15, -0.1) is 0 Å². The number of nitrogens with zero attached hydrogens (tertiary/aromatic N) is 4. The second-order valence-electron chi connectivity index (χ2n) is 7.94. The molecule has 2 aliphatic heterocycles. The quantitative estimate of drug-likeness (QED) is 0.356. The highest BCUT2D eigenvalue weighted by Crippen LogP contribution is 2.41. The predicted octanol–water partition coefficient (Wildman–Crippen LogP) is 2.22. The van der Waals surface area contributed by atoms with Crippen LogP contribution in [0.25, 0.3) is 28.4 Å². The van der Waals surface area contributed by atoms with Crippen LogP contribution in [0.2, 0.25) is 0 Å². The summed E-state index contributed by atoms with van der Waals surface area (Å²) >= 11 is 0. The van der Waals surface area contributed by atoms with E-state index in [1.54, 1.807) is 19.1 Å². The van der Waals surface area contributed by atoms with Crippen LogP contribution in [0.4, 0.5) is 0 Å². The first kappa shape index (κ1) is 20.4. The molecule has 1 atom stereocenters. The molecule has 0 unspecified atom stereocenters. The Morgan fingerprint density at radius 3 is 2.73 bits per heavy atom. The third-order valence-electron chi connectivity index (χ3n) is 6.24. The number of ether oxygens (including phenoxy) is 1. The monoisotopic (exact) mass is 440 g/mol. The summed E-state index contributed by atoms with van der Waals surface area (Å²) in [5.41, 5.74) is 0.308. The number of hydrogen-bond donors (Lipinski definition) is 2. The fourth-order valence-electron chi connectivity index (χ4n) is 4.50. The molecule has 0 radical (unpaired) electrons. The molecule has 33 heavy (non-hydrogen) atoms. The molecule has 0 amide bonds. The minimum atomic E-state index is -1.94. The number of hydrogen-bond acceptors (Lipinski definition) is 8. The van der Waals surface area contributed by atoms with Crippen LogP contribution in [0.3, 0.4) is 0 Å². The van der Waals surface area contributed by atoms with E-state index >= 15 is 0 Å². The summed E-state index contributed by atoms with van der Waals surface area (Å²) in [5, 5.41) is 40.1. The largest absolute Gasteiger partial charge is 0.508 e. The topological polar surface area (TPSA) is 149 Å². The van der Waals surface area contributed by atoms with Gasteiger partial charge in [0.1, 0.15) is 30.1 Å². The van der Waals surface area contributed by atoms with Gasteiger partial charge in [-0.2, -0.15) is 10.5 Å². The first-order valence-electron chi connectivity index (χ1n) is 10.2. The Hall–Kier alpha value is -4.47. The Bertz CT molecular complexity index is 1560. The van der Waals surface area contributed by atoms with Crippen molar-refractivity contribution in [3.63, 3.8) is 0 Å². The molecule has 2 aromatic heterocycles. The second-order valence-corrected chi connectivity index (χ2v) is 7.94.